The van der Waals surface area contributed by atoms with Gasteiger partial charge in [0.25, 0.3) is 0 Å². The van der Waals surface area contributed by atoms with E-state index < -0.39 is 17.5 Å². The molecule has 0 aromatic heterocycles. The maximum absolute atomic E-state index is 11.6. The number of carbonyl (C=O) groups is 1. The van der Waals surface area contributed by atoms with Gasteiger partial charge in [-0.1, -0.05) is 66.2 Å². The highest BCUT2D eigenvalue weighted by Gasteiger charge is 2.51. The summed E-state index contributed by atoms with van der Waals surface area (Å²) in [5, 5.41) is 6.38. The lowest BCUT2D eigenvalue weighted by atomic mass is 10.4. The van der Waals surface area contributed by atoms with Crippen LogP contribution in [0.2, 0.25) is 0 Å². The van der Waals surface area contributed by atoms with Crippen LogP contribution in [-0.4, -0.2) is 17.3 Å². The van der Waals surface area contributed by atoms with E-state index >= 15 is 0 Å². The van der Waals surface area contributed by atoms with Crippen LogP contribution in [0.25, 0.3) is 0 Å². The third kappa shape index (κ3) is 6.78. The lowest BCUT2D eigenvalue weighted by molar-refractivity contribution is -1.92. The molecule has 32 heavy (non-hydrogen) atoms. The fourth-order valence-corrected chi connectivity index (χ4v) is 8.64. The second-order valence-corrected chi connectivity index (χ2v) is 11.7. The molecule has 0 unspecified atom stereocenters. The smallest absolute Gasteiger partial charge is 0.214 e. The Hall–Kier alpha value is -1.93. The first-order valence-electron chi connectivity index (χ1n) is 9.08. The van der Waals surface area contributed by atoms with Crippen molar-refractivity contribution in [2.24, 2.45) is 0 Å². The number of thioether (sulfide) groups is 1. The molecule has 0 atom stereocenters. The van der Waals surface area contributed by atoms with Gasteiger partial charge in [0.15, 0.2) is 7.26 Å². The molecule has 0 radical (unpaired) electrons. The highest BCUT2D eigenvalue weighted by atomic mass is 35.7. The first kappa shape index (κ1) is 26.3. The van der Waals surface area contributed by atoms with Gasteiger partial charge in [0, 0.05) is 0 Å². The fraction of sp³-hybridized carbons (Fsp3) is 0.0455. The summed E-state index contributed by atoms with van der Waals surface area (Å²) < 4.78 is 33.3. The number of hydrogen-bond acceptors (Lipinski definition) is 6. The standard InChI is InChI=1S/C22H19ClNOPS.ClHO4/c1-27-21(23)22(24-17-25)26(18-11-5-2-6-12-18,19-13-7-3-8-14-19)20-15-9-4-10-16-20;2-1(3,4)5/h2-17H,1H3;(H,2,3,4,5)/p+1/b22-21+;. The topological polar surface area (TPSA) is 119 Å². The Morgan fingerprint density at radius 2 is 1.19 bits per heavy atom. The van der Waals surface area contributed by atoms with Crippen molar-refractivity contribution in [1.82, 2.24) is 5.32 Å². The van der Waals surface area contributed by atoms with Gasteiger partial charge in [-0.05, 0) is 42.7 Å². The first-order chi connectivity index (χ1) is 15.2. The van der Waals surface area contributed by atoms with Crippen molar-refractivity contribution in [2.45, 2.75) is 0 Å². The molecule has 0 fully saturated rings. The minimum Gasteiger partial charge on any atom is -0.297 e. The van der Waals surface area contributed by atoms with Crippen molar-refractivity contribution in [1.29, 1.82) is 0 Å². The zero-order valence-corrected chi connectivity index (χ0v) is 20.2. The van der Waals surface area contributed by atoms with E-state index in [4.69, 9.17) is 30.2 Å². The van der Waals surface area contributed by atoms with Gasteiger partial charge < -0.3 is 0 Å². The van der Waals surface area contributed by atoms with Gasteiger partial charge >= 0.3 is 0 Å². The minimum absolute atomic E-state index is 0.590. The van der Waals surface area contributed by atoms with Crippen LogP contribution < -0.4 is 35.2 Å². The molecule has 6 nitrogen and oxygen atoms in total. The number of halogens is 2. The number of benzene rings is 3. The summed E-state index contributed by atoms with van der Waals surface area (Å²) >= 11 is 8.13. The lowest BCUT2D eigenvalue weighted by Crippen LogP contribution is -2.58. The molecule has 2 N–H and O–H groups in total. The molecular weight excluding hydrogens is 492 g/mol. The summed E-state index contributed by atoms with van der Waals surface area (Å²) in [6, 6.07) is 30.9. The second-order valence-electron chi connectivity index (χ2n) is 6.16. The van der Waals surface area contributed by atoms with Crippen molar-refractivity contribution >= 4 is 52.9 Å². The average molecular weight is 513 g/mol. The molecule has 168 valence electrons. The van der Waals surface area contributed by atoms with Gasteiger partial charge in [-0.15, -0.1) is 11.8 Å². The Labute approximate surface area is 198 Å². The average Bonchev–Trinajstić information content (AvgIpc) is 2.79. The number of carbonyl (C=O) groups excluding carboxylic acids is 1. The quantitative estimate of drug-likeness (QED) is 0.348. The molecule has 0 saturated carbocycles. The molecular formula is C22H21Cl2NO5PS+. The third-order valence-electron chi connectivity index (χ3n) is 4.33. The number of nitrogens with one attached hydrogen (secondary N) is 1. The van der Waals surface area contributed by atoms with Gasteiger partial charge in [-0.3, -0.25) is 10.1 Å². The summed E-state index contributed by atoms with van der Waals surface area (Å²) in [6.45, 7) is 0. The molecule has 0 aliphatic carbocycles. The van der Waals surface area contributed by atoms with E-state index in [0.29, 0.717) is 4.36 Å². The van der Waals surface area contributed by atoms with Crippen LogP contribution in [0.3, 0.4) is 0 Å². The van der Waals surface area contributed by atoms with E-state index in [0.717, 1.165) is 27.8 Å². The van der Waals surface area contributed by atoms with Crippen molar-refractivity contribution in [3.05, 3.63) is 101 Å². The van der Waals surface area contributed by atoms with E-state index in [1.54, 1.807) is 0 Å². The summed E-state index contributed by atoms with van der Waals surface area (Å²) in [4.78, 5) is 11.6. The zero-order valence-electron chi connectivity index (χ0n) is 16.9. The van der Waals surface area contributed by atoms with E-state index in [-0.39, 0.29) is 0 Å². The SMILES string of the molecule is CS/C(Cl)=C(\NC=O)[P+](c1ccccc1)(c1ccccc1)c1ccccc1.[O-][Cl+3]([O-])([O-])O. The molecule has 0 heterocycles. The van der Waals surface area contributed by atoms with Crippen molar-refractivity contribution in [2.75, 3.05) is 6.26 Å². The summed E-state index contributed by atoms with van der Waals surface area (Å²) in [5.41, 5.74) is 0.760. The van der Waals surface area contributed by atoms with Crippen LogP contribution in [0.15, 0.2) is 101 Å². The summed E-state index contributed by atoms with van der Waals surface area (Å²) in [5.74, 6) is 0. The van der Waals surface area contributed by atoms with Gasteiger partial charge in [-0.2, -0.15) is 14.0 Å². The van der Waals surface area contributed by atoms with Crippen LogP contribution >= 0.6 is 30.6 Å². The Morgan fingerprint density at radius 1 is 0.875 bits per heavy atom. The fourth-order valence-electron chi connectivity index (χ4n) is 3.23. The largest absolute Gasteiger partial charge is 0.297 e. The van der Waals surface area contributed by atoms with Crippen LogP contribution in [0.1, 0.15) is 0 Å². The van der Waals surface area contributed by atoms with Gasteiger partial charge in [0.1, 0.15) is 20.3 Å². The highest BCUT2D eigenvalue weighted by Crippen LogP contribution is 2.63. The second kappa shape index (κ2) is 12.3. The lowest BCUT2D eigenvalue weighted by Gasteiger charge is -2.29. The number of hydrogen-bond donors (Lipinski definition) is 2. The van der Waals surface area contributed by atoms with Gasteiger partial charge in [-0.25, -0.2) is 0 Å². The van der Waals surface area contributed by atoms with E-state index in [2.05, 4.69) is 41.7 Å². The third-order valence-corrected chi connectivity index (χ3v) is 10.1. The molecule has 3 aromatic rings. The Morgan fingerprint density at radius 3 is 1.44 bits per heavy atom. The number of amides is 1. The van der Waals surface area contributed by atoms with E-state index in [1.165, 1.54) is 11.8 Å². The Kier molecular flexibility index (Phi) is 10.2. The van der Waals surface area contributed by atoms with Gasteiger partial charge in [0.05, 0.1) is 14.9 Å². The Bertz CT molecular complexity index is 916. The van der Waals surface area contributed by atoms with E-state index in [1.807, 2.05) is 60.9 Å². The maximum atomic E-state index is 11.6. The van der Waals surface area contributed by atoms with Crippen LogP contribution in [0.5, 0.6) is 0 Å². The van der Waals surface area contributed by atoms with Gasteiger partial charge in [0.2, 0.25) is 11.8 Å². The maximum Gasteiger partial charge on any atom is 0.214 e. The molecule has 0 aliphatic rings. The molecule has 0 aliphatic heterocycles. The molecule has 0 bridgehead atoms. The highest BCUT2D eigenvalue weighted by molar-refractivity contribution is 8.05. The normalized spacial score (nSPS) is 12.2. The van der Waals surface area contributed by atoms with Crippen molar-refractivity contribution in [3.8, 4) is 0 Å². The predicted molar refractivity (Wildman–Crippen MR) is 123 cm³/mol. The molecule has 0 saturated heterocycles. The predicted octanol–water partition coefficient (Wildman–Crippen LogP) is 0.331. The Balaban J connectivity index is 0.000000654. The molecule has 1 amide bonds. The minimum atomic E-state index is -4.69. The molecule has 10 heteroatoms. The molecule has 3 aromatic carbocycles. The number of rotatable bonds is 7. The van der Waals surface area contributed by atoms with Crippen LogP contribution in [-0.2, 0) is 4.79 Å². The monoisotopic (exact) mass is 512 g/mol. The summed E-state index contributed by atoms with van der Waals surface area (Å²) in [6.07, 6.45) is 2.64. The summed E-state index contributed by atoms with van der Waals surface area (Å²) in [7, 11) is -7.06. The molecule has 0 spiro atoms. The van der Waals surface area contributed by atoms with Crippen molar-refractivity contribution < 1.29 is 33.7 Å². The van der Waals surface area contributed by atoms with E-state index in [9.17, 15) is 4.79 Å². The van der Waals surface area contributed by atoms with Crippen LogP contribution in [0, 0.1) is 10.2 Å². The van der Waals surface area contributed by atoms with Crippen molar-refractivity contribution in [3.63, 3.8) is 0 Å². The zero-order chi connectivity index (χ0) is 23.6. The first-order valence-corrected chi connectivity index (χ1v) is 13.7. The molecule has 3 rings (SSSR count). The van der Waals surface area contributed by atoms with Crippen LogP contribution in [0.4, 0.5) is 0 Å².